The van der Waals surface area contributed by atoms with Gasteiger partial charge in [-0.3, -0.25) is 9.59 Å². The summed E-state index contributed by atoms with van der Waals surface area (Å²) in [5.41, 5.74) is -0.412. The highest BCUT2D eigenvalue weighted by atomic mass is 16.5. The second-order valence-electron chi connectivity index (χ2n) is 4.25. The fraction of sp³-hybridized carbons (Fsp3) is 0.833. The summed E-state index contributed by atoms with van der Waals surface area (Å²) in [6.45, 7) is 4.18. The lowest BCUT2D eigenvalue weighted by Crippen LogP contribution is -2.36. The SMILES string of the molecule is CCOC(=O)C[C@]1(CC)CCCCC1=O. The van der Waals surface area contributed by atoms with Crippen LogP contribution in [0.1, 0.15) is 52.4 Å². The number of Topliss-reactive ketones (excluding diaryl/α,β-unsaturated/α-hetero) is 1. The predicted octanol–water partition coefficient (Wildman–Crippen LogP) is 2.48. The van der Waals surface area contributed by atoms with Gasteiger partial charge in [-0.15, -0.1) is 0 Å². The fourth-order valence-corrected chi connectivity index (χ4v) is 2.33. The largest absolute Gasteiger partial charge is 0.466 e. The molecule has 0 spiro atoms. The zero-order valence-corrected chi connectivity index (χ0v) is 9.67. The number of carbonyl (C=O) groups excluding carboxylic acids is 2. The van der Waals surface area contributed by atoms with Gasteiger partial charge in [-0.25, -0.2) is 0 Å². The van der Waals surface area contributed by atoms with Crippen LogP contribution in [0.3, 0.4) is 0 Å². The Kier molecular flexibility index (Phi) is 4.30. The number of hydrogen-bond donors (Lipinski definition) is 0. The van der Waals surface area contributed by atoms with Gasteiger partial charge in [0.05, 0.1) is 13.0 Å². The van der Waals surface area contributed by atoms with Gasteiger partial charge in [0.25, 0.3) is 0 Å². The molecule has 86 valence electrons. The Labute approximate surface area is 91.2 Å². The van der Waals surface area contributed by atoms with E-state index in [-0.39, 0.29) is 18.2 Å². The highest BCUT2D eigenvalue weighted by molar-refractivity contribution is 5.89. The van der Waals surface area contributed by atoms with Crippen molar-refractivity contribution in [3.63, 3.8) is 0 Å². The minimum atomic E-state index is -0.412. The van der Waals surface area contributed by atoms with E-state index in [0.717, 1.165) is 25.7 Å². The van der Waals surface area contributed by atoms with Gasteiger partial charge in [0, 0.05) is 11.8 Å². The van der Waals surface area contributed by atoms with Crippen LogP contribution in [-0.4, -0.2) is 18.4 Å². The highest BCUT2D eigenvalue weighted by Gasteiger charge is 2.40. The number of ether oxygens (including phenoxy) is 1. The normalized spacial score (nSPS) is 26.4. The molecule has 3 nitrogen and oxygen atoms in total. The fourth-order valence-electron chi connectivity index (χ4n) is 2.33. The minimum Gasteiger partial charge on any atom is -0.466 e. The van der Waals surface area contributed by atoms with Gasteiger partial charge in [-0.1, -0.05) is 13.3 Å². The van der Waals surface area contributed by atoms with Crippen molar-refractivity contribution < 1.29 is 14.3 Å². The molecule has 3 heteroatoms. The zero-order chi connectivity index (χ0) is 11.3. The van der Waals surface area contributed by atoms with E-state index in [1.165, 1.54) is 0 Å². The number of hydrogen-bond acceptors (Lipinski definition) is 3. The molecule has 1 aliphatic rings. The first kappa shape index (κ1) is 12.2. The minimum absolute atomic E-state index is 0.227. The van der Waals surface area contributed by atoms with E-state index in [0.29, 0.717) is 13.0 Å². The van der Waals surface area contributed by atoms with E-state index in [4.69, 9.17) is 4.74 Å². The van der Waals surface area contributed by atoms with Crippen molar-refractivity contribution in [1.82, 2.24) is 0 Å². The van der Waals surface area contributed by atoms with Gasteiger partial charge < -0.3 is 4.74 Å². The van der Waals surface area contributed by atoms with E-state index in [9.17, 15) is 9.59 Å². The molecule has 1 fully saturated rings. The van der Waals surface area contributed by atoms with Crippen LogP contribution in [0, 0.1) is 5.41 Å². The summed E-state index contributed by atoms with van der Waals surface area (Å²) in [6, 6.07) is 0. The van der Waals surface area contributed by atoms with E-state index in [2.05, 4.69) is 0 Å². The Bertz CT molecular complexity index is 247. The molecule has 0 bridgehead atoms. The van der Waals surface area contributed by atoms with Gasteiger partial charge >= 0.3 is 5.97 Å². The Balaban J connectivity index is 2.66. The van der Waals surface area contributed by atoms with Gasteiger partial charge in [0.1, 0.15) is 5.78 Å². The first-order chi connectivity index (χ1) is 7.14. The van der Waals surface area contributed by atoms with Crippen molar-refractivity contribution in [3.05, 3.63) is 0 Å². The van der Waals surface area contributed by atoms with Crippen molar-refractivity contribution >= 4 is 11.8 Å². The molecular weight excluding hydrogens is 192 g/mol. The molecule has 15 heavy (non-hydrogen) atoms. The van der Waals surface area contributed by atoms with Crippen molar-refractivity contribution in [2.45, 2.75) is 52.4 Å². The Morgan fingerprint density at radius 2 is 2.13 bits per heavy atom. The van der Waals surface area contributed by atoms with E-state index >= 15 is 0 Å². The van der Waals surface area contributed by atoms with Crippen LogP contribution in [0.25, 0.3) is 0 Å². The van der Waals surface area contributed by atoms with Crippen molar-refractivity contribution in [1.29, 1.82) is 0 Å². The first-order valence-corrected chi connectivity index (χ1v) is 5.83. The lowest BCUT2D eigenvalue weighted by molar-refractivity contribution is -0.151. The zero-order valence-electron chi connectivity index (χ0n) is 9.67. The molecule has 1 rings (SSSR count). The Morgan fingerprint density at radius 1 is 1.40 bits per heavy atom. The highest BCUT2D eigenvalue weighted by Crippen LogP contribution is 2.39. The molecule has 1 atom stereocenters. The van der Waals surface area contributed by atoms with Crippen LogP contribution < -0.4 is 0 Å². The van der Waals surface area contributed by atoms with Crippen LogP contribution in [-0.2, 0) is 14.3 Å². The molecule has 0 aromatic carbocycles. The summed E-state index contributed by atoms with van der Waals surface area (Å²) >= 11 is 0. The quantitative estimate of drug-likeness (QED) is 0.672. The summed E-state index contributed by atoms with van der Waals surface area (Å²) in [7, 11) is 0. The third-order valence-corrected chi connectivity index (χ3v) is 3.37. The Morgan fingerprint density at radius 3 is 2.67 bits per heavy atom. The molecule has 1 saturated carbocycles. The number of ketones is 1. The summed E-state index contributed by atoms with van der Waals surface area (Å²) < 4.78 is 4.93. The van der Waals surface area contributed by atoms with Crippen LogP contribution in [0.15, 0.2) is 0 Å². The maximum atomic E-state index is 11.9. The molecule has 1 aliphatic carbocycles. The molecule has 0 aromatic heterocycles. The first-order valence-electron chi connectivity index (χ1n) is 5.83. The van der Waals surface area contributed by atoms with E-state index < -0.39 is 5.41 Å². The smallest absolute Gasteiger partial charge is 0.306 e. The monoisotopic (exact) mass is 212 g/mol. The van der Waals surface area contributed by atoms with Crippen molar-refractivity contribution in [2.24, 2.45) is 5.41 Å². The van der Waals surface area contributed by atoms with Crippen molar-refractivity contribution in [2.75, 3.05) is 6.61 Å². The molecule has 0 aliphatic heterocycles. The average Bonchev–Trinajstić information content (AvgIpc) is 2.22. The molecule has 0 radical (unpaired) electrons. The third-order valence-electron chi connectivity index (χ3n) is 3.37. The molecule has 0 aromatic rings. The Hall–Kier alpha value is -0.860. The predicted molar refractivity (Wildman–Crippen MR) is 57.4 cm³/mol. The molecular formula is C12H20O3. The van der Waals surface area contributed by atoms with Gasteiger partial charge in [0.2, 0.25) is 0 Å². The summed E-state index contributed by atoms with van der Waals surface area (Å²) in [5, 5.41) is 0. The molecule has 0 N–H and O–H groups in total. The van der Waals surface area contributed by atoms with Gasteiger partial charge in [-0.2, -0.15) is 0 Å². The number of esters is 1. The maximum absolute atomic E-state index is 11.9. The average molecular weight is 212 g/mol. The lowest BCUT2D eigenvalue weighted by Gasteiger charge is -2.33. The molecule has 0 saturated heterocycles. The third kappa shape index (κ3) is 2.80. The topological polar surface area (TPSA) is 43.4 Å². The summed E-state index contributed by atoms with van der Waals surface area (Å²) in [4.78, 5) is 23.3. The number of carbonyl (C=O) groups is 2. The second kappa shape index (κ2) is 5.29. The van der Waals surface area contributed by atoms with Crippen LogP contribution in [0.5, 0.6) is 0 Å². The lowest BCUT2D eigenvalue weighted by atomic mass is 9.69. The molecule has 0 heterocycles. The molecule has 0 amide bonds. The summed E-state index contributed by atoms with van der Waals surface area (Å²) in [5.74, 6) is 0.0268. The van der Waals surface area contributed by atoms with Gasteiger partial charge in [0.15, 0.2) is 0 Å². The van der Waals surface area contributed by atoms with E-state index in [1.807, 2.05) is 6.92 Å². The summed E-state index contributed by atoms with van der Waals surface area (Å²) in [6.07, 6.45) is 4.54. The second-order valence-corrected chi connectivity index (χ2v) is 4.25. The van der Waals surface area contributed by atoms with Gasteiger partial charge in [-0.05, 0) is 26.2 Å². The van der Waals surface area contributed by atoms with Crippen molar-refractivity contribution in [3.8, 4) is 0 Å². The molecule has 0 unspecified atom stereocenters. The van der Waals surface area contributed by atoms with Crippen LogP contribution >= 0.6 is 0 Å². The number of rotatable bonds is 4. The van der Waals surface area contributed by atoms with E-state index in [1.54, 1.807) is 6.92 Å². The maximum Gasteiger partial charge on any atom is 0.306 e. The standard InChI is InChI=1S/C12H20O3/c1-3-12(9-11(14)15-4-2)8-6-5-7-10(12)13/h3-9H2,1-2H3/t12-/m0/s1. The van der Waals surface area contributed by atoms with Crippen LogP contribution in [0.4, 0.5) is 0 Å². The van der Waals surface area contributed by atoms with Crippen LogP contribution in [0.2, 0.25) is 0 Å².